The van der Waals surface area contributed by atoms with Gasteiger partial charge < -0.3 is 15.4 Å². The highest BCUT2D eigenvalue weighted by molar-refractivity contribution is 5.91. The van der Waals surface area contributed by atoms with E-state index >= 15 is 0 Å². The molecule has 8 nitrogen and oxygen atoms in total. The Kier molecular flexibility index (Phi) is 6.30. The number of hydrazine groups is 1. The average Bonchev–Trinajstić information content (AvgIpc) is 3.30. The first kappa shape index (κ1) is 21.6. The maximum atomic E-state index is 12.7. The van der Waals surface area contributed by atoms with Crippen molar-refractivity contribution >= 4 is 22.5 Å². The third-order valence-electron chi connectivity index (χ3n) is 7.06. The molecule has 32 heavy (non-hydrogen) atoms. The first-order valence-electron chi connectivity index (χ1n) is 11.8. The molecular formula is C23H34FN7O. The van der Waals surface area contributed by atoms with Gasteiger partial charge in [0.25, 0.3) is 0 Å². The molecule has 5 heterocycles. The van der Waals surface area contributed by atoms with Gasteiger partial charge in [-0.15, -0.1) is 0 Å². The first-order chi connectivity index (χ1) is 15.6. The third kappa shape index (κ3) is 4.46. The van der Waals surface area contributed by atoms with E-state index in [4.69, 9.17) is 9.72 Å². The van der Waals surface area contributed by atoms with Crippen LogP contribution in [0.5, 0.6) is 5.88 Å². The Labute approximate surface area is 188 Å². The molecule has 4 N–H and O–H groups in total. The van der Waals surface area contributed by atoms with Gasteiger partial charge in [0.05, 0.1) is 25.5 Å². The largest absolute Gasteiger partial charge is 0.481 e. The van der Waals surface area contributed by atoms with E-state index in [0.29, 0.717) is 36.5 Å². The van der Waals surface area contributed by atoms with Gasteiger partial charge >= 0.3 is 0 Å². The van der Waals surface area contributed by atoms with Gasteiger partial charge in [0.15, 0.2) is 0 Å². The summed E-state index contributed by atoms with van der Waals surface area (Å²) in [6, 6.07) is 7.74. The molecule has 3 fully saturated rings. The predicted molar refractivity (Wildman–Crippen MR) is 125 cm³/mol. The molecule has 3 saturated heterocycles. The fraction of sp³-hybridized carbons (Fsp3) is 0.652. The zero-order valence-electron chi connectivity index (χ0n) is 18.9. The minimum absolute atomic E-state index is 0.114. The lowest BCUT2D eigenvalue weighted by Crippen LogP contribution is -2.47. The third-order valence-corrected chi connectivity index (χ3v) is 7.06. The highest BCUT2D eigenvalue weighted by Gasteiger charge is 2.40. The zero-order valence-corrected chi connectivity index (χ0v) is 18.9. The van der Waals surface area contributed by atoms with Crippen molar-refractivity contribution in [2.24, 2.45) is 0 Å². The van der Waals surface area contributed by atoms with Crippen molar-refractivity contribution < 1.29 is 9.13 Å². The van der Waals surface area contributed by atoms with Crippen molar-refractivity contribution in [2.45, 2.75) is 75.8 Å². The Bertz CT molecular complexity index is 930. The summed E-state index contributed by atoms with van der Waals surface area (Å²) in [5, 5.41) is 8.23. The Morgan fingerprint density at radius 2 is 1.94 bits per heavy atom. The van der Waals surface area contributed by atoms with Gasteiger partial charge in [0, 0.05) is 48.2 Å². The van der Waals surface area contributed by atoms with Crippen LogP contribution in [0.3, 0.4) is 0 Å². The molecule has 2 aromatic rings. The number of piperidine rings is 1. The van der Waals surface area contributed by atoms with Crippen LogP contribution >= 0.6 is 0 Å². The fourth-order valence-corrected chi connectivity index (χ4v) is 5.59. The van der Waals surface area contributed by atoms with Gasteiger partial charge in [-0.05, 0) is 51.5 Å². The number of halogens is 1. The lowest BCUT2D eigenvalue weighted by atomic mass is 9.97. The smallest absolute Gasteiger partial charge is 0.213 e. The van der Waals surface area contributed by atoms with Crippen LogP contribution in [0.15, 0.2) is 18.2 Å². The lowest BCUT2D eigenvalue weighted by Gasteiger charge is -2.39. The summed E-state index contributed by atoms with van der Waals surface area (Å²) in [7, 11) is 1.63. The van der Waals surface area contributed by atoms with E-state index in [2.05, 4.69) is 38.3 Å². The summed E-state index contributed by atoms with van der Waals surface area (Å²) in [6.07, 6.45) is 6.28. The van der Waals surface area contributed by atoms with Crippen LogP contribution in [0.2, 0.25) is 0 Å². The van der Waals surface area contributed by atoms with Crippen molar-refractivity contribution in [3.8, 4) is 5.88 Å². The number of pyridine rings is 2. The van der Waals surface area contributed by atoms with E-state index in [1.54, 1.807) is 7.11 Å². The summed E-state index contributed by atoms with van der Waals surface area (Å²) < 4.78 is 18.1. The SMILES string of the molecule is COc1ccc2c(NC3C[C@H]4CC[C@@H](C3)N4CCCF)nc(NC3CC(C)NN3)cc2n1. The van der Waals surface area contributed by atoms with E-state index in [-0.39, 0.29) is 12.8 Å². The number of rotatable bonds is 8. The molecule has 0 saturated carbocycles. The molecule has 0 aromatic carbocycles. The molecular weight excluding hydrogens is 409 g/mol. The van der Waals surface area contributed by atoms with Crippen LogP contribution < -0.4 is 26.2 Å². The first-order valence-corrected chi connectivity index (χ1v) is 11.8. The van der Waals surface area contributed by atoms with Gasteiger partial charge in [-0.1, -0.05) is 0 Å². The van der Waals surface area contributed by atoms with E-state index in [0.717, 1.165) is 48.3 Å². The van der Waals surface area contributed by atoms with Crippen LogP contribution in [0.25, 0.3) is 10.9 Å². The quantitative estimate of drug-likeness (QED) is 0.495. The second-order valence-corrected chi connectivity index (χ2v) is 9.38. The number of nitrogens with one attached hydrogen (secondary N) is 4. The number of methoxy groups -OCH3 is 1. The molecule has 2 aromatic heterocycles. The highest BCUT2D eigenvalue weighted by atomic mass is 19.1. The number of fused-ring (bicyclic) bond motifs is 3. The summed E-state index contributed by atoms with van der Waals surface area (Å²) in [6.45, 7) is 2.80. The minimum Gasteiger partial charge on any atom is -0.481 e. The molecule has 0 spiro atoms. The molecule has 0 radical (unpaired) electrons. The molecule has 3 unspecified atom stereocenters. The molecule has 3 aliphatic rings. The van der Waals surface area contributed by atoms with Gasteiger partial charge in [0.1, 0.15) is 11.6 Å². The summed E-state index contributed by atoms with van der Waals surface area (Å²) in [5.41, 5.74) is 7.36. The summed E-state index contributed by atoms with van der Waals surface area (Å²) in [4.78, 5) is 12.1. The molecule has 9 heteroatoms. The molecule has 174 valence electrons. The molecule has 5 rings (SSSR count). The van der Waals surface area contributed by atoms with Crippen LogP contribution in [0.4, 0.5) is 16.0 Å². The molecule has 2 bridgehead atoms. The fourth-order valence-electron chi connectivity index (χ4n) is 5.59. The molecule has 0 aliphatic carbocycles. The highest BCUT2D eigenvalue weighted by Crippen LogP contribution is 2.37. The number of aromatic nitrogens is 2. The van der Waals surface area contributed by atoms with Gasteiger partial charge in [0.2, 0.25) is 5.88 Å². The van der Waals surface area contributed by atoms with E-state index in [1.807, 2.05) is 18.2 Å². The zero-order chi connectivity index (χ0) is 22.1. The molecule has 5 atom stereocenters. The van der Waals surface area contributed by atoms with E-state index < -0.39 is 0 Å². The van der Waals surface area contributed by atoms with Crippen molar-refractivity contribution in [3.05, 3.63) is 18.2 Å². The van der Waals surface area contributed by atoms with Crippen LogP contribution in [-0.4, -0.2) is 65.5 Å². The van der Waals surface area contributed by atoms with Crippen molar-refractivity contribution in [3.63, 3.8) is 0 Å². The van der Waals surface area contributed by atoms with Crippen LogP contribution in [-0.2, 0) is 0 Å². The Morgan fingerprint density at radius 3 is 2.62 bits per heavy atom. The maximum absolute atomic E-state index is 12.7. The normalized spacial score (nSPS) is 30.0. The Morgan fingerprint density at radius 1 is 1.12 bits per heavy atom. The predicted octanol–water partition coefficient (Wildman–Crippen LogP) is 3.03. The topological polar surface area (TPSA) is 86.4 Å². The summed E-state index contributed by atoms with van der Waals surface area (Å²) >= 11 is 0. The minimum atomic E-state index is -0.228. The molecule has 3 aliphatic heterocycles. The van der Waals surface area contributed by atoms with E-state index in [1.165, 1.54) is 12.8 Å². The van der Waals surface area contributed by atoms with Crippen molar-refractivity contribution in [1.29, 1.82) is 0 Å². The summed E-state index contributed by atoms with van der Waals surface area (Å²) in [5.74, 6) is 2.24. The number of hydrogen-bond acceptors (Lipinski definition) is 8. The Hall–Kier alpha value is -2.23. The van der Waals surface area contributed by atoms with E-state index in [9.17, 15) is 4.39 Å². The van der Waals surface area contributed by atoms with Crippen LogP contribution in [0.1, 0.15) is 45.4 Å². The second-order valence-electron chi connectivity index (χ2n) is 9.38. The Balaban J connectivity index is 1.37. The maximum Gasteiger partial charge on any atom is 0.213 e. The van der Waals surface area contributed by atoms with Gasteiger partial charge in [-0.2, -0.15) is 0 Å². The van der Waals surface area contributed by atoms with Gasteiger partial charge in [-0.25, -0.2) is 15.4 Å². The van der Waals surface area contributed by atoms with Gasteiger partial charge in [-0.3, -0.25) is 14.7 Å². The number of ether oxygens (including phenoxy) is 1. The molecule has 0 amide bonds. The second kappa shape index (κ2) is 9.33. The van der Waals surface area contributed by atoms with Crippen molar-refractivity contribution in [2.75, 3.05) is 31.0 Å². The average molecular weight is 444 g/mol. The number of nitrogens with zero attached hydrogens (tertiary/aromatic N) is 3. The number of anilines is 2. The monoisotopic (exact) mass is 443 g/mol. The standard InChI is InChI=1S/C23H34FN7O/c1-14-10-21(30-29-14)27-20-13-19-18(6-7-22(26-19)32-2)23(28-20)25-15-11-16-4-5-17(12-15)31(16)9-3-8-24/h6-7,13-17,21,29-30H,3-5,8-12H2,1-2H3,(H2,25,27,28)/t14?,15?,16-,17+,21?. The van der Waals surface area contributed by atoms with Crippen molar-refractivity contribution in [1.82, 2.24) is 25.7 Å². The number of alkyl halides is 1. The lowest BCUT2D eigenvalue weighted by molar-refractivity contribution is 0.128. The number of hydrogen-bond donors (Lipinski definition) is 4. The van der Waals surface area contributed by atoms with Crippen LogP contribution in [0, 0.1) is 0 Å².